The highest BCUT2D eigenvalue weighted by molar-refractivity contribution is 6.61. The summed E-state index contributed by atoms with van der Waals surface area (Å²) in [5.41, 5.74) is 0.414. The van der Waals surface area contributed by atoms with Gasteiger partial charge in [0.05, 0.1) is 17.6 Å². The first-order valence-electron chi connectivity index (χ1n) is 4.17. The quantitative estimate of drug-likeness (QED) is 0.482. The molecule has 0 aliphatic carbocycles. The number of anilines is 2. The number of halogens is 3. The van der Waals surface area contributed by atoms with E-state index < -0.39 is 5.43 Å². The van der Waals surface area contributed by atoms with E-state index in [1.807, 2.05) is 0 Å². The van der Waals surface area contributed by atoms with Gasteiger partial charge in [-0.1, -0.05) is 11.6 Å². The van der Waals surface area contributed by atoms with Gasteiger partial charge in [-0.25, -0.2) is 4.79 Å². The molecule has 0 amide bonds. The molecule has 0 aromatic heterocycles. The summed E-state index contributed by atoms with van der Waals surface area (Å²) in [6.45, 7) is 0. The SMILES string of the molecule is O=C(Cl)Oc1ccc2c(c1)N(Cl)C=C(Cl)N2. The van der Waals surface area contributed by atoms with E-state index in [2.05, 4.69) is 5.32 Å². The maximum absolute atomic E-state index is 10.6. The highest BCUT2D eigenvalue weighted by atomic mass is 35.5. The van der Waals surface area contributed by atoms with E-state index in [1.54, 1.807) is 18.2 Å². The lowest BCUT2D eigenvalue weighted by Gasteiger charge is -2.22. The number of rotatable bonds is 1. The zero-order valence-electron chi connectivity index (χ0n) is 7.71. The summed E-state index contributed by atoms with van der Waals surface area (Å²) in [7, 11) is 0. The van der Waals surface area contributed by atoms with Gasteiger partial charge in [-0.2, -0.15) is 0 Å². The Balaban J connectivity index is 2.34. The van der Waals surface area contributed by atoms with Crippen LogP contribution in [-0.2, 0) is 0 Å². The summed E-state index contributed by atoms with van der Waals surface area (Å²) < 4.78 is 6.01. The maximum Gasteiger partial charge on any atom is 0.409 e. The molecule has 0 atom stereocenters. The van der Waals surface area contributed by atoms with Gasteiger partial charge in [0.1, 0.15) is 10.9 Å². The molecule has 0 bridgehead atoms. The van der Waals surface area contributed by atoms with Gasteiger partial charge in [0.25, 0.3) is 0 Å². The number of benzene rings is 1. The predicted octanol–water partition coefficient (Wildman–Crippen LogP) is 3.85. The first kappa shape index (κ1) is 11.4. The summed E-state index contributed by atoms with van der Waals surface area (Å²) in [6.07, 6.45) is 1.48. The van der Waals surface area contributed by atoms with Gasteiger partial charge in [-0.15, -0.1) is 0 Å². The molecule has 84 valence electrons. The minimum Gasteiger partial charge on any atom is -0.414 e. The number of hydrogen-bond acceptors (Lipinski definition) is 4. The van der Waals surface area contributed by atoms with E-state index in [0.717, 1.165) is 0 Å². The second-order valence-electron chi connectivity index (χ2n) is 2.93. The molecule has 7 heteroatoms. The smallest absolute Gasteiger partial charge is 0.409 e. The van der Waals surface area contributed by atoms with Crippen LogP contribution in [0.4, 0.5) is 16.2 Å². The number of hydrogen-bond donors (Lipinski definition) is 1. The highest BCUT2D eigenvalue weighted by Gasteiger charge is 2.16. The zero-order chi connectivity index (χ0) is 11.7. The Kier molecular flexibility index (Phi) is 3.14. The van der Waals surface area contributed by atoms with Crippen molar-refractivity contribution in [2.24, 2.45) is 0 Å². The molecule has 1 aromatic rings. The Bertz CT molecular complexity index is 476. The van der Waals surface area contributed by atoms with Crippen LogP contribution in [0.15, 0.2) is 29.6 Å². The minimum absolute atomic E-state index is 0.303. The normalized spacial score (nSPS) is 13.7. The summed E-state index contributed by atoms with van der Waals surface area (Å²) in [5, 5.41) is 3.29. The fraction of sp³-hybridized carbons (Fsp3) is 0. The third-order valence-electron chi connectivity index (χ3n) is 1.88. The van der Waals surface area contributed by atoms with Gasteiger partial charge >= 0.3 is 5.43 Å². The Morgan fingerprint density at radius 2 is 2.19 bits per heavy atom. The maximum atomic E-state index is 10.6. The van der Waals surface area contributed by atoms with Crippen molar-refractivity contribution in [1.82, 2.24) is 0 Å². The third kappa shape index (κ3) is 2.35. The molecule has 4 nitrogen and oxygen atoms in total. The minimum atomic E-state index is -0.904. The van der Waals surface area contributed by atoms with Gasteiger partial charge in [-0.05, 0) is 12.1 Å². The number of nitrogens with zero attached hydrogens (tertiary/aromatic N) is 1. The van der Waals surface area contributed by atoms with Crippen LogP contribution in [-0.4, -0.2) is 5.43 Å². The van der Waals surface area contributed by atoms with Crippen LogP contribution < -0.4 is 14.5 Å². The second kappa shape index (κ2) is 4.41. The van der Waals surface area contributed by atoms with E-state index in [1.165, 1.54) is 10.6 Å². The molecule has 0 fully saturated rings. The van der Waals surface area contributed by atoms with Crippen LogP contribution in [0.25, 0.3) is 0 Å². The lowest BCUT2D eigenvalue weighted by Crippen LogP contribution is -2.12. The van der Waals surface area contributed by atoms with Crippen molar-refractivity contribution in [3.63, 3.8) is 0 Å². The Morgan fingerprint density at radius 3 is 2.88 bits per heavy atom. The average Bonchev–Trinajstić information content (AvgIpc) is 2.18. The van der Waals surface area contributed by atoms with Crippen molar-refractivity contribution in [2.45, 2.75) is 0 Å². The molecule has 0 radical (unpaired) electrons. The van der Waals surface area contributed by atoms with Crippen LogP contribution in [0.1, 0.15) is 0 Å². The highest BCUT2D eigenvalue weighted by Crippen LogP contribution is 2.36. The van der Waals surface area contributed by atoms with E-state index in [0.29, 0.717) is 22.3 Å². The zero-order valence-corrected chi connectivity index (χ0v) is 9.97. The Morgan fingerprint density at radius 1 is 1.44 bits per heavy atom. The van der Waals surface area contributed by atoms with Gasteiger partial charge in [0.15, 0.2) is 0 Å². The molecule has 1 aliphatic heterocycles. The van der Waals surface area contributed by atoms with Crippen molar-refractivity contribution < 1.29 is 9.53 Å². The monoisotopic (exact) mass is 278 g/mol. The molecule has 1 aliphatic rings. The first-order chi connectivity index (χ1) is 7.56. The van der Waals surface area contributed by atoms with Crippen LogP contribution in [0.3, 0.4) is 0 Å². The van der Waals surface area contributed by atoms with Crippen LogP contribution in [0.2, 0.25) is 0 Å². The summed E-state index contributed by atoms with van der Waals surface area (Å²) in [4.78, 5) is 10.6. The van der Waals surface area contributed by atoms with Crippen molar-refractivity contribution in [1.29, 1.82) is 0 Å². The van der Waals surface area contributed by atoms with Gasteiger partial charge in [0, 0.05) is 29.4 Å². The lowest BCUT2D eigenvalue weighted by atomic mass is 10.2. The van der Waals surface area contributed by atoms with Gasteiger partial charge < -0.3 is 10.1 Å². The van der Waals surface area contributed by atoms with Crippen molar-refractivity contribution in [3.05, 3.63) is 29.6 Å². The fourth-order valence-corrected chi connectivity index (χ4v) is 1.86. The largest absolute Gasteiger partial charge is 0.414 e. The summed E-state index contributed by atoms with van der Waals surface area (Å²) in [6, 6.07) is 4.82. The molecule has 16 heavy (non-hydrogen) atoms. The molecule has 0 saturated heterocycles. The Hall–Kier alpha value is -1.10. The number of carbonyl (C=O) groups excluding carboxylic acids is 1. The van der Waals surface area contributed by atoms with Crippen molar-refractivity contribution >= 4 is 51.8 Å². The van der Waals surface area contributed by atoms with Gasteiger partial charge in [-0.3, -0.25) is 4.42 Å². The topological polar surface area (TPSA) is 41.6 Å². The molecular formula is C9H5Cl3N2O2. The molecule has 1 aromatic carbocycles. The summed E-state index contributed by atoms with van der Waals surface area (Å²) in [5.74, 6) is 0.303. The molecule has 2 rings (SSSR count). The number of ether oxygens (including phenoxy) is 1. The third-order valence-corrected chi connectivity index (χ3v) is 2.43. The van der Waals surface area contributed by atoms with E-state index in [9.17, 15) is 4.79 Å². The molecule has 0 spiro atoms. The summed E-state index contributed by atoms with van der Waals surface area (Å²) >= 11 is 16.8. The first-order valence-corrected chi connectivity index (χ1v) is 5.26. The van der Waals surface area contributed by atoms with Crippen LogP contribution in [0, 0.1) is 0 Å². The number of nitrogens with one attached hydrogen (secondary N) is 1. The molecule has 0 saturated carbocycles. The number of carbonyl (C=O) groups is 1. The average molecular weight is 280 g/mol. The molecule has 1 N–H and O–H groups in total. The van der Waals surface area contributed by atoms with Crippen molar-refractivity contribution in [2.75, 3.05) is 9.74 Å². The lowest BCUT2D eigenvalue weighted by molar-refractivity contribution is 0.225. The Labute approximate surface area is 106 Å². The fourth-order valence-electron chi connectivity index (χ4n) is 1.28. The van der Waals surface area contributed by atoms with E-state index in [-0.39, 0.29) is 0 Å². The van der Waals surface area contributed by atoms with Crippen LogP contribution >= 0.6 is 35.0 Å². The predicted molar refractivity (Wildman–Crippen MR) is 64.2 cm³/mol. The van der Waals surface area contributed by atoms with Crippen LogP contribution in [0.5, 0.6) is 5.75 Å². The van der Waals surface area contributed by atoms with E-state index in [4.69, 9.17) is 39.7 Å². The van der Waals surface area contributed by atoms with E-state index >= 15 is 0 Å². The molecular weight excluding hydrogens is 274 g/mol. The standard InChI is InChI=1S/C9H5Cl3N2O2/c10-8-4-14(12)7-3-5(16-9(11)15)1-2-6(7)13-8/h1-4,13H. The molecule has 0 unspecified atom stereocenters. The van der Waals surface area contributed by atoms with Crippen molar-refractivity contribution in [3.8, 4) is 5.75 Å². The number of fused-ring (bicyclic) bond motifs is 1. The second-order valence-corrected chi connectivity index (χ2v) is 4.01. The molecule has 1 heterocycles. The van der Waals surface area contributed by atoms with Gasteiger partial charge in [0.2, 0.25) is 0 Å².